The van der Waals surface area contributed by atoms with Crippen LogP contribution in [0.1, 0.15) is 34.6 Å². The molecule has 1 aliphatic rings. The summed E-state index contributed by atoms with van der Waals surface area (Å²) in [4.78, 5) is 16.6. The standard InChI is InChI=1S/C15H16N2O/c18-15(12-6-2-1-3-7-12)10-17-11-16-13-8-4-5-9-14(13)17/h1-3,6-7,11H,4-5,8-10H2. The molecule has 0 saturated heterocycles. The summed E-state index contributed by atoms with van der Waals surface area (Å²) in [6.07, 6.45) is 6.35. The molecular formula is C15H16N2O. The summed E-state index contributed by atoms with van der Waals surface area (Å²) in [5.74, 6) is 0.154. The molecule has 1 aromatic carbocycles. The van der Waals surface area contributed by atoms with Crippen LogP contribution in [0.25, 0.3) is 0 Å². The first-order valence-electron chi connectivity index (χ1n) is 6.46. The predicted molar refractivity (Wildman–Crippen MR) is 69.6 cm³/mol. The lowest BCUT2D eigenvalue weighted by Crippen LogP contribution is -2.14. The van der Waals surface area contributed by atoms with Crippen molar-refractivity contribution in [3.63, 3.8) is 0 Å². The lowest BCUT2D eigenvalue weighted by molar-refractivity contribution is 0.0971. The van der Waals surface area contributed by atoms with Crippen LogP contribution in [0.15, 0.2) is 36.7 Å². The lowest BCUT2D eigenvalue weighted by atomic mass is 10.0. The van der Waals surface area contributed by atoms with Crippen LogP contribution in [0.4, 0.5) is 0 Å². The van der Waals surface area contributed by atoms with E-state index in [1.54, 1.807) is 0 Å². The maximum Gasteiger partial charge on any atom is 0.182 e. The Kier molecular flexibility index (Phi) is 2.97. The largest absolute Gasteiger partial charge is 0.327 e. The Balaban J connectivity index is 1.81. The Morgan fingerprint density at radius 2 is 1.94 bits per heavy atom. The minimum absolute atomic E-state index is 0.154. The Morgan fingerprint density at radius 3 is 2.78 bits per heavy atom. The zero-order chi connectivity index (χ0) is 12.4. The van der Waals surface area contributed by atoms with Gasteiger partial charge < -0.3 is 4.57 Å². The van der Waals surface area contributed by atoms with Gasteiger partial charge in [0.2, 0.25) is 0 Å². The molecule has 0 aliphatic heterocycles. The van der Waals surface area contributed by atoms with Crippen molar-refractivity contribution >= 4 is 5.78 Å². The molecule has 2 aromatic rings. The van der Waals surface area contributed by atoms with Gasteiger partial charge in [0.25, 0.3) is 0 Å². The van der Waals surface area contributed by atoms with Crippen LogP contribution < -0.4 is 0 Å². The van der Waals surface area contributed by atoms with Crippen molar-refractivity contribution in [3.8, 4) is 0 Å². The number of imidazole rings is 1. The van der Waals surface area contributed by atoms with Gasteiger partial charge in [-0.15, -0.1) is 0 Å². The second kappa shape index (κ2) is 4.77. The minimum Gasteiger partial charge on any atom is -0.327 e. The van der Waals surface area contributed by atoms with Crippen LogP contribution in [-0.4, -0.2) is 15.3 Å². The highest BCUT2D eigenvalue weighted by Gasteiger charge is 2.16. The van der Waals surface area contributed by atoms with E-state index in [4.69, 9.17) is 0 Å². The van der Waals surface area contributed by atoms with E-state index >= 15 is 0 Å². The summed E-state index contributed by atoms with van der Waals surface area (Å²) in [5, 5.41) is 0. The second-order valence-corrected chi connectivity index (χ2v) is 4.76. The average Bonchev–Trinajstić information content (AvgIpc) is 2.83. The van der Waals surface area contributed by atoms with Crippen LogP contribution in [0.3, 0.4) is 0 Å². The zero-order valence-corrected chi connectivity index (χ0v) is 10.3. The molecule has 0 fully saturated rings. The number of ketones is 1. The van der Waals surface area contributed by atoms with Crippen molar-refractivity contribution in [2.24, 2.45) is 0 Å². The maximum absolute atomic E-state index is 12.1. The van der Waals surface area contributed by atoms with E-state index in [0.717, 1.165) is 18.4 Å². The van der Waals surface area contributed by atoms with Crippen molar-refractivity contribution in [1.29, 1.82) is 0 Å². The highest BCUT2D eigenvalue weighted by Crippen LogP contribution is 2.20. The van der Waals surface area contributed by atoms with Gasteiger partial charge >= 0.3 is 0 Å². The summed E-state index contributed by atoms with van der Waals surface area (Å²) < 4.78 is 2.02. The van der Waals surface area contributed by atoms with Crippen molar-refractivity contribution < 1.29 is 4.79 Å². The molecule has 0 spiro atoms. The fourth-order valence-electron chi connectivity index (χ4n) is 2.54. The fraction of sp³-hybridized carbons (Fsp3) is 0.333. The number of rotatable bonds is 3. The number of carbonyl (C=O) groups excluding carboxylic acids is 1. The van der Waals surface area contributed by atoms with E-state index in [1.807, 2.05) is 41.2 Å². The normalized spacial score (nSPS) is 14.2. The van der Waals surface area contributed by atoms with E-state index in [-0.39, 0.29) is 5.78 Å². The van der Waals surface area contributed by atoms with Crippen molar-refractivity contribution in [2.75, 3.05) is 0 Å². The van der Waals surface area contributed by atoms with Gasteiger partial charge in [-0.05, 0) is 25.7 Å². The van der Waals surface area contributed by atoms with Gasteiger partial charge in [0, 0.05) is 11.3 Å². The number of hydrogen-bond acceptors (Lipinski definition) is 2. The lowest BCUT2D eigenvalue weighted by Gasteiger charge is -2.13. The monoisotopic (exact) mass is 240 g/mol. The van der Waals surface area contributed by atoms with Gasteiger partial charge in [0.05, 0.1) is 18.6 Å². The molecule has 3 nitrogen and oxygen atoms in total. The number of carbonyl (C=O) groups is 1. The molecule has 1 aromatic heterocycles. The van der Waals surface area contributed by atoms with Crippen molar-refractivity contribution in [2.45, 2.75) is 32.2 Å². The third-order valence-electron chi connectivity index (χ3n) is 3.52. The molecule has 18 heavy (non-hydrogen) atoms. The molecule has 1 aliphatic carbocycles. The minimum atomic E-state index is 0.154. The molecular weight excluding hydrogens is 224 g/mol. The molecule has 0 unspecified atom stereocenters. The van der Waals surface area contributed by atoms with E-state index in [1.165, 1.54) is 24.2 Å². The first-order valence-corrected chi connectivity index (χ1v) is 6.46. The molecule has 0 N–H and O–H groups in total. The van der Waals surface area contributed by atoms with Crippen LogP contribution in [-0.2, 0) is 19.4 Å². The van der Waals surface area contributed by atoms with Crippen molar-refractivity contribution in [3.05, 3.63) is 53.6 Å². The van der Waals surface area contributed by atoms with Gasteiger partial charge in [0.15, 0.2) is 5.78 Å². The molecule has 3 heteroatoms. The second-order valence-electron chi connectivity index (χ2n) is 4.76. The van der Waals surface area contributed by atoms with Gasteiger partial charge in [-0.1, -0.05) is 30.3 Å². The number of Topliss-reactive ketones (excluding diaryl/α,β-unsaturated/α-hetero) is 1. The maximum atomic E-state index is 12.1. The molecule has 0 saturated carbocycles. The van der Waals surface area contributed by atoms with E-state index in [0.29, 0.717) is 6.54 Å². The molecule has 0 bridgehead atoms. The Labute approximate surface area is 106 Å². The molecule has 1 heterocycles. The van der Waals surface area contributed by atoms with Crippen LogP contribution >= 0.6 is 0 Å². The summed E-state index contributed by atoms with van der Waals surface area (Å²) in [6.45, 7) is 0.409. The van der Waals surface area contributed by atoms with Crippen LogP contribution in [0.2, 0.25) is 0 Å². The summed E-state index contributed by atoms with van der Waals surface area (Å²) >= 11 is 0. The van der Waals surface area contributed by atoms with Gasteiger partial charge in [0.1, 0.15) is 0 Å². The summed E-state index contributed by atoms with van der Waals surface area (Å²) in [6, 6.07) is 9.46. The first-order chi connectivity index (χ1) is 8.84. The molecule has 0 amide bonds. The Bertz CT molecular complexity index is 557. The number of fused-ring (bicyclic) bond motifs is 1. The number of benzene rings is 1. The molecule has 0 radical (unpaired) electrons. The smallest absolute Gasteiger partial charge is 0.182 e. The highest BCUT2D eigenvalue weighted by molar-refractivity contribution is 5.95. The summed E-state index contributed by atoms with van der Waals surface area (Å²) in [5.41, 5.74) is 3.21. The number of aryl methyl sites for hydroxylation is 1. The number of nitrogens with zero attached hydrogens (tertiary/aromatic N) is 2. The quantitative estimate of drug-likeness (QED) is 0.773. The number of aromatic nitrogens is 2. The van der Waals surface area contributed by atoms with Gasteiger partial charge in [-0.3, -0.25) is 4.79 Å². The van der Waals surface area contributed by atoms with E-state index in [2.05, 4.69) is 4.98 Å². The molecule has 92 valence electrons. The summed E-state index contributed by atoms with van der Waals surface area (Å²) in [7, 11) is 0. The van der Waals surface area contributed by atoms with E-state index in [9.17, 15) is 4.79 Å². The third kappa shape index (κ3) is 2.08. The van der Waals surface area contributed by atoms with E-state index < -0.39 is 0 Å². The van der Waals surface area contributed by atoms with Gasteiger partial charge in [-0.2, -0.15) is 0 Å². The fourth-order valence-corrected chi connectivity index (χ4v) is 2.54. The predicted octanol–water partition coefficient (Wildman–Crippen LogP) is 2.64. The Morgan fingerprint density at radius 1 is 1.17 bits per heavy atom. The zero-order valence-electron chi connectivity index (χ0n) is 10.3. The highest BCUT2D eigenvalue weighted by atomic mass is 16.1. The SMILES string of the molecule is O=C(Cn1cnc2c1CCCC2)c1ccccc1. The van der Waals surface area contributed by atoms with Crippen molar-refractivity contribution in [1.82, 2.24) is 9.55 Å². The average molecular weight is 240 g/mol. The van der Waals surface area contributed by atoms with Crippen LogP contribution in [0, 0.1) is 0 Å². The van der Waals surface area contributed by atoms with Crippen LogP contribution in [0.5, 0.6) is 0 Å². The van der Waals surface area contributed by atoms with Gasteiger partial charge in [-0.25, -0.2) is 4.98 Å². The molecule has 0 atom stereocenters. The number of hydrogen-bond donors (Lipinski definition) is 0. The molecule has 3 rings (SSSR count). The third-order valence-corrected chi connectivity index (χ3v) is 3.52. The first kappa shape index (κ1) is 11.2. The topological polar surface area (TPSA) is 34.9 Å². The Hall–Kier alpha value is -1.90.